The Kier molecular flexibility index (Phi) is 4.91. The van der Waals surface area contributed by atoms with Crippen LogP contribution in [-0.4, -0.2) is 37.5 Å². The van der Waals surface area contributed by atoms with Crippen LogP contribution in [0.1, 0.15) is 18.4 Å². The van der Waals surface area contributed by atoms with Crippen molar-refractivity contribution in [3.63, 3.8) is 0 Å². The zero-order valence-electron chi connectivity index (χ0n) is 11.4. The highest BCUT2D eigenvalue weighted by atomic mass is 19.1. The van der Waals surface area contributed by atoms with Gasteiger partial charge in [-0.25, -0.2) is 4.39 Å². The Bertz CT molecular complexity index is 428. The van der Waals surface area contributed by atoms with Crippen LogP contribution in [0.3, 0.4) is 0 Å². The summed E-state index contributed by atoms with van der Waals surface area (Å²) in [6, 6.07) is 6.86. The molecule has 0 unspecified atom stereocenters. The summed E-state index contributed by atoms with van der Waals surface area (Å²) in [7, 11) is 1.67. The first kappa shape index (κ1) is 14.0. The zero-order chi connectivity index (χ0) is 13.7. The number of nitrogens with zero attached hydrogens (tertiary/aromatic N) is 1. The zero-order valence-corrected chi connectivity index (χ0v) is 11.4. The Morgan fingerprint density at radius 3 is 2.79 bits per heavy atom. The molecular formula is C15H21FN2O. The molecule has 0 saturated carbocycles. The van der Waals surface area contributed by atoms with Crippen LogP contribution < -0.4 is 5.32 Å². The van der Waals surface area contributed by atoms with Crippen LogP contribution in [0.25, 0.3) is 0 Å². The summed E-state index contributed by atoms with van der Waals surface area (Å²) in [6.45, 7) is 2.39. The molecule has 0 spiro atoms. The van der Waals surface area contributed by atoms with Crippen LogP contribution in [0.15, 0.2) is 24.3 Å². The maximum absolute atomic E-state index is 13.1. The van der Waals surface area contributed by atoms with Crippen LogP contribution in [0, 0.1) is 11.7 Å². The largest absolute Gasteiger partial charge is 0.358 e. The highest BCUT2D eigenvalue weighted by Crippen LogP contribution is 2.21. The molecule has 1 aromatic rings. The SMILES string of the molecule is CNC(=O)CN1CCC(Cc2cccc(F)c2)CC1. The highest BCUT2D eigenvalue weighted by molar-refractivity contribution is 5.77. The van der Waals surface area contributed by atoms with Gasteiger partial charge < -0.3 is 5.32 Å². The van der Waals surface area contributed by atoms with Crippen molar-refractivity contribution in [1.29, 1.82) is 0 Å². The molecule has 4 heteroatoms. The fourth-order valence-corrected chi connectivity index (χ4v) is 2.63. The average molecular weight is 264 g/mol. The van der Waals surface area contributed by atoms with Crippen molar-refractivity contribution >= 4 is 5.91 Å². The molecule has 3 nitrogen and oxygen atoms in total. The van der Waals surface area contributed by atoms with E-state index in [4.69, 9.17) is 0 Å². The molecule has 19 heavy (non-hydrogen) atoms. The molecule has 1 aliphatic heterocycles. The van der Waals surface area contributed by atoms with Crippen LogP contribution >= 0.6 is 0 Å². The first-order chi connectivity index (χ1) is 9.17. The molecule has 1 aromatic carbocycles. The third-order valence-corrected chi connectivity index (χ3v) is 3.77. The maximum atomic E-state index is 13.1. The Balaban J connectivity index is 1.79. The lowest BCUT2D eigenvalue weighted by Gasteiger charge is -2.31. The summed E-state index contributed by atoms with van der Waals surface area (Å²) in [4.78, 5) is 13.5. The molecular weight excluding hydrogens is 243 g/mol. The van der Waals surface area contributed by atoms with Gasteiger partial charge in [-0.2, -0.15) is 0 Å². The molecule has 0 atom stereocenters. The van der Waals surface area contributed by atoms with Gasteiger partial charge in [-0.05, 0) is 56.0 Å². The Hall–Kier alpha value is -1.42. The summed E-state index contributed by atoms with van der Waals surface area (Å²) in [5.74, 6) is 0.515. The summed E-state index contributed by atoms with van der Waals surface area (Å²) < 4.78 is 13.1. The molecule has 2 rings (SSSR count). The van der Waals surface area contributed by atoms with Gasteiger partial charge in [0, 0.05) is 7.05 Å². The van der Waals surface area contributed by atoms with Gasteiger partial charge in [0.05, 0.1) is 6.54 Å². The number of hydrogen-bond donors (Lipinski definition) is 1. The first-order valence-electron chi connectivity index (χ1n) is 6.85. The van der Waals surface area contributed by atoms with Crippen LogP contribution in [0.5, 0.6) is 0 Å². The highest BCUT2D eigenvalue weighted by Gasteiger charge is 2.20. The Labute approximate surface area is 113 Å². The van der Waals surface area contributed by atoms with E-state index in [1.165, 1.54) is 6.07 Å². The minimum Gasteiger partial charge on any atom is -0.358 e. The Morgan fingerprint density at radius 2 is 2.16 bits per heavy atom. The molecule has 1 N–H and O–H groups in total. The molecule has 0 radical (unpaired) electrons. The number of piperidine rings is 1. The second-order valence-corrected chi connectivity index (χ2v) is 5.23. The topological polar surface area (TPSA) is 32.3 Å². The minimum atomic E-state index is -0.158. The maximum Gasteiger partial charge on any atom is 0.233 e. The predicted molar refractivity (Wildman–Crippen MR) is 73.3 cm³/mol. The van der Waals surface area contributed by atoms with Gasteiger partial charge in [-0.3, -0.25) is 9.69 Å². The van der Waals surface area contributed by atoms with Crippen LogP contribution in [0.4, 0.5) is 4.39 Å². The fourth-order valence-electron chi connectivity index (χ4n) is 2.63. The van der Waals surface area contributed by atoms with Gasteiger partial charge in [0.25, 0.3) is 0 Å². The van der Waals surface area contributed by atoms with E-state index in [9.17, 15) is 9.18 Å². The molecule has 1 heterocycles. The number of carbonyl (C=O) groups is 1. The molecule has 0 aliphatic carbocycles. The number of nitrogens with one attached hydrogen (secondary N) is 1. The van der Waals surface area contributed by atoms with Crippen molar-refractivity contribution in [1.82, 2.24) is 10.2 Å². The number of likely N-dealkylation sites (tertiary alicyclic amines) is 1. The van der Waals surface area contributed by atoms with E-state index in [0.717, 1.165) is 37.9 Å². The lowest BCUT2D eigenvalue weighted by Crippen LogP contribution is -2.40. The number of hydrogen-bond acceptors (Lipinski definition) is 2. The van der Waals surface area contributed by atoms with Crippen molar-refractivity contribution in [3.8, 4) is 0 Å². The quantitative estimate of drug-likeness (QED) is 0.900. The summed E-state index contributed by atoms with van der Waals surface area (Å²) >= 11 is 0. The van der Waals surface area contributed by atoms with E-state index in [1.54, 1.807) is 19.2 Å². The lowest BCUT2D eigenvalue weighted by atomic mass is 9.90. The fraction of sp³-hybridized carbons (Fsp3) is 0.533. The Morgan fingerprint density at radius 1 is 1.42 bits per heavy atom. The molecule has 0 bridgehead atoms. The first-order valence-corrected chi connectivity index (χ1v) is 6.85. The smallest absolute Gasteiger partial charge is 0.233 e. The second kappa shape index (κ2) is 6.66. The summed E-state index contributed by atoms with van der Waals surface area (Å²) in [6.07, 6.45) is 3.09. The summed E-state index contributed by atoms with van der Waals surface area (Å²) in [5.41, 5.74) is 1.07. The van der Waals surface area contributed by atoms with E-state index in [0.29, 0.717) is 12.5 Å². The number of benzene rings is 1. The predicted octanol–water partition coefficient (Wildman–Crippen LogP) is 1.83. The van der Waals surface area contributed by atoms with Gasteiger partial charge in [0.15, 0.2) is 0 Å². The van der Waals surface area contributed by atoms with Gasteiger partial charge in [0.2, 0.25) is 5.91 Å². The molecule has 1 amide bonds. The molecule has 1 fully saturated rings. The van der Waals surface area contributed by atoms with Crippen molar-refractivity contribution < 1.29 is 9.18 Å². The third kappa shape index (κ3) is 4.31. The average Bonchev–Trinajstić information content (AvgIpc) is 2.41. The van der Waals surface area contributed by atoms with Gasteiger partial charge in [-0.15, -0.1) is 0 Å². The third-order valence-electron chi connectivity index (χ3n) is 3.77. The number of likely N-dealkylation sites (N-methyl/N-ethyl adjacent to an activating group) is 1. The molecule has 1 saturated heterocycles. The second-order valence-electron chi connectivity index (χ2n) is 5.23. The molecule has 0 aromatic heterocycles. The van der Waals surface area contributed by atoms with E-state index in [2.05, 4.69) is 10.2 Å². The molecule has 104 valence electrons. The summed E-state index contributed by atoms with van der Waals surface area (Å²) in [5, 5.41) is 2.65. The standard InChI is InChI=1S/C15H21FN2O/c1-17-15(19)11-18-7-5-12(6-8-18)9-13-3-2-4-14(16)10-13/h2-4,10,12H,5-9,11H2,1H3,(H,17,19). The van der Waals surface area contributed by atoms with E-state index < -0.39 is 0 Å². The van der Waals surface area contributed by atoms with Crippen molar-refractivity contribution in [3.05, 3.63) is 35.6 Å². The van der Waals surface area contributed by atoms with E-state index >= 15 is 0 Å². The number of rotatable bonds is 4. The van der Waals surface area contributed by atoms with Gasteiger partial charge in [-0.1, -0.05) is 12.1 Å². The number of amides is 1. The lowest BCUT2D eigenvalue weighted by molar-refractivity contribution is -0.122. The molecule has 1 aliphatic rings. The minimum absolute atomic E-state index is 0.0728. The number of halogens is 1. The monoisotopic (exact) mass is 264 g/mol. The van der Waals surface area contributed by atoms with Crippen LogP contribution in [-0.2, 0) is 11.2 Å². The van der Waals surface area contributed by atoms with Crippen molar-refractivity contribution in [2.75, 3.05) is 26.7 Å². The van der Waals surface area contributed by atoms with Crippen molar-refractivity contribution in [2.24, 2.45) is 5.92 Å². The van der Waals surface area contributed by atoms with E-state index in [-0.39, 0.29) is 11.7 Å². The van der Waals surface area contributed by atoms with Crippen LogP contribution in [0.2, 0.25) is 0 Å². The normalized spacial score (nSPS) is 17.4. The van der Waals surface area contributed by atoms with Crippen molar-refractivity contribution in [2.45, 2.75) is 19.3 Å². The number of carbonyl (C=O) groups excluding carboxylic acids is 1. The van der Waals surface area contributed by atoms with Gasteiger partial charge >= 0.3 is 0 Å². The van der Waals surface area contributed by atoms with E-state index in [1.807, 2.05) is 6.07 Å². The van der Waals surface area contributed by atoms with Gasteiger partial charge in [0.1, 0.15) is 5.82 Å².